The molecule has 0 aromatic carbocycles. The van der Waals surface area contributed by atoms with Crippen LogP contribution in [0, 0.1) is 0 Å². The maximum absolute atomic E-state index is 12.7. The Hall–Kier alpha value is -2.15. The molecule has 1 aliphatic heterocycles. The van der Waals surface area contributed by atoms with Crippen LogP contribution in [0.15, 0.2) is 28.5 Å². The molecule has 122 valence electrons. The highest BCUT2D eigenvalue weighted by atomic mass is 32.1. The van der Waals surface area contributed by atoms with Gasteiger partial charge in [-0.15, -0.1) is 11.3 Å². The van der Waals surface area contributed by atoms with E-state index in [0.29, 0.717) is 31.6 Å². The molecule has 0 N–H and O–H groups in total. The third-order valence-electron chi connectivity index (χ3n) is 4.36. The molecular formula is C16H19N3O3S. The molecule has 1 saturated heterocycles. The fourth-order valence-corrected chi connectivity index (χ4v) is 3.68. The summed E-state index contributed by atoms with van der Waals surface area (Å²) >= 11 is 1.52. The van der Waals surface area contributed by atoms with Crippen molar-refractivity contribution in [3.05, 3.63) is 34.1 Å². The summed E-state index contributed by atoms with van der Waals surface area (Å²) in [7, 11) is 0. The third kappa shape index (κ3) is 2.88. The minimum absolute atomic E-state index is 0.0317. The van der Waals surface area contributed by atoms with E-state index in [9.17, 15) is 14.4 Å². The third-order valence-corrected chi connectivity index (χ3v) is 5.24. The van der Waals surface area contributed by atoms with Gasteiger partial charge in [0.15, 0.2) is 0 Å². The summed E-state index contributed by atoms with van der Waals surface area (Å²) in [6, 6.07) is 3.12. The fourth-order valence-electron chi connectivity index (χ4n) is 2.91. The van der Waals surface area contributed by atoms with Gasteiger partial charge in [-0.25, -0.2) is 0 Å². The maximum atomic E-state index is 12.7. The summed E-state index contributed by atoms with van der Waals surface area (Å²) in [6.07, 6.45) is 1.69. The topological polar surface area (TPSA) is 62.6 Å². The van der Waals surface area contributed by atoms with Crippen molar-refractivity contribution >= 4 is 33.2 Å². The largest absolute Gasteiger partial charge is 0.339 e. The van der Waals surface area contributed by atoms with Gasteiger partial charge in [0.25, 0.3) is 5.56 Å². The summed E-state index contributed by atoms with van der Waals surface area (Å²) in [6.45, 7) is 5.41. The lowest BCUT2D eigenvalue weighted by molar-refractivity contribution is -0.140. The van der Waals surface area contributed by atoms with Crippen molar-refractivity contribution in [3.8, 4) is 0 Å². The van der Waals surface area contributed by atoms with Gasteiger partial charge in [-0.05, 0) is 24.4 Å². The van der Waals surface area contributed by atoms with Crippen molar-refractivity contribution in [1.82, 2.24) is 14.4 Å². The number of carbonyl (C=O) groups excluding carboxylic acids is 2. The number of pyridine rings is 1. The number of amides is 2. The Balaban J connectivity index is 1.78. The molecule has 3 heterocycles. The van der Waals surface area contributed by atoms with E-state index < -0.39 is 6.04 Å². The molecular weight excluding hydrogens is 314 g/mol. The predicted molar refractivity (Wildman–Crippen MR) is 89.6 cm³/mol. The zero-order chi connectivity index (χ0) is 16.6. The van der Waals surface area contributed by atoms with Crippen LogP contribution in [0.4, 0.5) is 0 Å². The van der Waals surface area contributed by atoms with Crippen LogP contribution in [0.1, 0.15) is 19.9 Å². The van der Waals surface area contributed by atoms with Gasteiger partial charge in [0.2, 0.25) is 11.8 Å². The van der Waals surface area contributed by atoms with Gasteiger partial charge in [-0.2, -0.15) is 0 Å². The average Bonchev–Trinajstić information content (AvgIpc) is 3.03. The zero-order valence-corrected chi connectivity index (χ0v) is 14.0. The highest BCUT2D eigenvalue weighted by Gasteiger charge is 2.27. The minimum atomic E-state index is -0.546. The van der Waals surface area contributed by atoms with Gasteiger partial charge >= 0.3 is 0 Å². The first-order valence-corrected chi connectivity index (χ1v) is 8.49. The van der Waals surface area contributed by atoms with E-state index in [4.69, 9.17) is 0 Å². The van der Waals surface area contributed by atoms with Crippen LogP contribution < -0.4 is 5.56 Å². The molecule has 3 rings (SSSR count). The zero-order valence-electron chi connectivity index (χ0n) is 13.2. The maximum Gasteiger partial charge on any atom is 0.259 e. The molecule has 2 aromatic rings. The van der Waals surface area contributed by atoms with Crippen molar-refractivity contribution in [2.45, 2.75) is 19.9 Å². The molecule has 7 heteroatoms. The van der Waals surface area contributed by atoms with E-state index in [-0.39, 0.29) is 17.4 Å². The number of piperazine rings is 1. The smallest absolute Gasteiger partial charge is 0.259 e. The number of rotatable bonds is 2. The van der Waals surface area contributed by atoms with E-state index >= 15 is 0 Å². The Morgan fingerprint density at radius 3 is 2.43 bits per heavy atom. The second kappa shape index (κ2) is 6.16. The number of hydrogen-bond donors (Lipinski definition) is 0. The summed E-state index contributed by atoms with van der Waals surface area (Å²) in [5.41, 5.74) is -0.132. The standard InChI is InChI=1S/C16H19N3O3S/c1-11(15(21)18-8-6-17(7-9-18)12(2)20)19-5-3-14-13(16(19)22)4-10-23-14/h3-5,10-11H,6-9H2,1-2H3. The fraction of sp³-hybridized carbons (Fsp3) is 0.438. The van der Waals surface area contributed by atoms with Gasteiger partial charge in [0.05, 0.1) is 5.39 Å². The molecule has 0 saturated carbocycles. The van der Waals surface area contributed by atoms with Gasteiger partial charge in [0, 0.05) is 44.0 Å². The number of thiophene rings is 1. The molecule has 1 aliphatic rings. The van der Waals surface area contributed by atoms with Crippen molar-refractivity contribution in [1.29, 1.82) is 0 Å². The molecule has 0 aliphatic carbocycles. The van der Waals surface area contributed by atoms with Crippen molar-refractivity contribution in [2.24, 2.45) is 0 Å². The van der Waals surface area contributed by atoms with Crippen LogP contribution in [0.25, 0.3) is 10.1 Å². The Kier molecular flexibility index (Phi) is 4.21. The Bertz CT molecular complexity index is 802. The number of hydrogen-bond acceptors (Lipinski definition) is 4. The average molecular weight is 333 g/mol. The van der Waals surface area contributed by atoms with Gasteiger partial charge in [-0.1, -0.05) is 0 Å². The highest BCUT2D eigenvalue weighted by Crippen LogP contribution is 2.18. The minimum Gasteiger partial charge on any atom is -0.339 e. The molecule has 0 radical (unpaired) electrons. The Morgan fingerprint density at radius 1 is 1.13 bits per heavy atom. The van der Waals surface area contributed by atoms with Crippen LogP contribution in [-0.2, 0) is 9.59 Å². The van der Waals surface area contributed by atoms with Gasteiger partial charge in [0.1, 0.15) is 6.04 Å². The lowest BCUT2D eigenvalue weighted by atomic mass is 10.2. The van der Waals surface area contributed by atoms with Crippen molar-refractivity contribution in [2.75, 3.05) is 26.2 Å². The first-order chi connectivity index (χ1) is 11.0. The van der Waals surface area contributed by atoms with Crippen LogP contribution in [-0.4, -0.2) is 52.4 Å². The molecule has 1 atom stereocenters. The van der Waals surface area contributed by atoms with Crippen LogP contribution in [0.5, 0.6) is 0 Å². The van der Waals surface area contributed by atoms with Crippen LogP contribution in [0.2, 0.25) is 0 Å². The van der Waals surface area contributed by atoms with E-state index in [1.54, 1.807) is 29.0 Å². The van der Waals surface area contributed by atoms with Crippen molar-refractivity contribution < 1.29 is 9.59 Å². The second-order valence-corrected chi connectivity index (χ2v) is 6.68. The quantitative estimate of drug-likeness (QED) is 0.832. The Labute approximate surface area is 137 Å². The summed E-state index contributed by atoms with van der Waals surface area (Å²) in [5, 5.41) is 2.53. The highest BCUT2D eigenvalue weighted by molar-refractivity contribution is 7.17. The van der Waals surface area contributed by atoms with Gasteiger partial charge in [-0.3, -0.25) is 14.4 Å². The number of nitrogens with zero attached hydrogens (tertiary/aromatic N) is 3. The monoisotopic (exact) mass is 333 g/mol. The summed E-state index contributed by atoms with van der Waals surface area (Å²) in [5.74, 6) is -0.0471. The molecule has 1 fully saturated rings. The van der Waals surface area contributed by atoms with Crippen LogP contribution in [0.3, 0.4) is 0 Å². The van der Waals surface area contributed by atoms with Gasteiger partial charge < -0.3 is 14.4 Å². The Morgan fingerprint density at radius 2 is 1.78 bits per heavy atom. The molecule has 2 aromatic heterocycles. The first-order valence-electron chi connectivity index (χ1n) is 7.61. The molecule has 0 bridgehead atoms. The SMILES string of the molecule is CC(=O)N1CCN(C(=O)C(C)n2ccc3sccc3c2=O)CC1. The summed E-state index contributed by atoms with van der Waals surface area (Å²) in [4.78, 5) is 40.0. The number of carbonyl (C=O) groups is 2. The second-order valence-electron chi connectivity index (χ2n) is 5.73. The molecule has 2 amide bonds. The summed E-state index contributed by atoms with van der Waals surface area (Å²) < 4.78 is 2.43. The van der Waals surface area contributed by atoms with E-state index in [2.05, 4.69) is 0 Å². The molecule has 6 nitrogen and oxygen atoms in total. The predicted octanol–water partition coefficient (Wildman–Crippen LogP) is 1.31. The van der Waals surface area contributed by atoms with Crippen LogP contribution >= 0.6 is 11.3 Å². The normalized spacial score (nSPS) is 16.6. The molecule has 1 unspecified atom stereocenters. The van der Waals surface area contributed by atoms with E-state index in [0.717, 1.165) is 4.70 Å². The number of fused-ring (bicyclic) bond motifs is 1. The lowest BCUT2D eigenvalue weighted by Crippen LogP contribution is -2.51. The lowest BCUT2D eigenvalue weighted by Gasteiger charge is -2.35. The van der Waals surface area contributed by atoms with Crippen molar-refractivity contribution in [3.63, 3.8) is 0 Å². The molecule has 0 spiro atoms. The molecule has 23 heavy (non-hydrogen) atoms. The van der Waals surface area contributed by atoms with E-state index in [1.807, 2.05) is 11.4 Å². The van der Waals surface area contributed by atoms with E-state index in [1.165, 1.54) is 22.8 Å². The first kappa shape index (κ1) is 15.7. The number of aromatic nitrogens is 1.